The third-order valence-electron chi connectivity index (χ3n) is 2.84. The standard InChI is InChI=1S/C12H21NO3/c1-2-3-4-5-6-9-16-12(15)13-10-7-8-11(10)14/h10H,2-9H2,1H3,(H,13,15)/t10-/m1/s1. The molecule has 4 nitrogen and oxygen atoms in total. The molecule has 1 N–H and O–H groups in total. The zero-order chi connectivity index (χ0) is 11.8. The monoisotopic (exact) mass is 227 g/mol. The molecule has 1 amide bonds. The molecule has 1 saturated carbocycles. The minimum Gasteiger partial charge on any atom is -0.450 e. The number of unbranched alkanes of at least 4 members (excludes halogenated alkanes) is 4. The number of ether oxygens (including phenoxy) is 1. The summed E-state index contributed by atoms with van der Waals surface area (Å²) >= 11 is 0. The second-order valence-electron chi connectivity index (χ2n) is 4.25. The predicted molar refractivity (Wildman–Crippen MR) is 61.3 cm³/mol. The van der Waals surface area contributed by atoms with E-state index in [4.69, 9.17) is 4.74 Å². The SMILES string of the molecule is CCCCCCCOC(=O)N[C@@H]1CCC1=O. The fourth-order valence-electron chi connectivity index (χ4n) is 1.61. The molecule has 0 aromatic carbocycles. The van der Waals surface area contributed by atoms with Gasteiger partial charge in [-0.1, -0.05) is 32.6 Å². The van der Waals surface area contributed by atoms with Crippen LogP contribution in [0.5, 0.6) is 0 Å². The van der Waals surface area contributed by atoms with E-state index in [-0.39, 0.29) is 11.8 Å². The highest BCUT2D eigenvalue weighted by Crippen LogP contribution is 2.13. The maximum atomic E-state index is 11.2. The molecule has 1 fully saturated rings. The molecule has 0 radical (unpaired) electrons. The van der Waals surface area contributed by atoms with Gasteiger partial charge in [0.1, 0.15) is 0 Å². The molecule has 1 aliphatic rings. The fourth-order valence-corrected chi connectivity index (χ4v) is 1.61. The van der Waals surface area contributed by atoms with E-state index in [0.29, 0.717) is 13.0 Å². The van der Waals surface area contributed by atoms with Crippen LogP contribution in [0.15, 0.2) is 0 Å². The maximum Gasteiger partial charge on any atom is 0.407 e. The van der Waals surface area contributed by atoms with Crippen LogP contribution in [0.2, 0.25) is 0 Å². The van der Waals surface area contributed by atoms with Gasteiger partial charge < -0.3 is 10.1 Å². The third kappa shape index (κ3) is 4.64. The highest BCUT2D eigenvalue weighted by atomic mass is 16.5. The lowest BCUT2D eigenvalue weighted by atomic mass is 9.91. The van der Waals surface area contributed by atoms with Gasteiger partial charge in [0, 0.05) is 6.42 Å². The number of Topliss-reactive ketones (excluding diaryl/α,β-unsaturated/α-hetero) is 1. The summed E-state index contributed by atoms with van der Waals surface area (Å²) in [5.74, 6) is 0.111. The van der Waals surface area contributed by atoms with Crippen molar-refractivity contribution in [1.82, 2.24) is 5.32 Å². The zero-order valence-electron chi connectivity index (χ0n) is 9.96. The zero-order valence-corrected chi connectivity index (χ0v) is 9.96. The second-order valence-corrected chi connectivity index (χ2v) is 4.25. The molecule has 0 unspecified atom stereocenters. The first-order chi connectivity index (χ1) is 7.74. The Hall–Kier alpha value is -1.06. The lowest BCUT2D eigenvalue weighted by Gasteiger charge is -2.24. The van der Waals surface area contributed by atoms with Crippen molar-refractivity contribution >= 4 is 11.9 Å². The van der Waals surface area contributed by atoms with Crippen molar-refractivity contribution in [2.24, 2.45) is 0 Å². The van der Waals surface area contributed by atoms with E-state index in [1.165, 1.54) is 19.3 Å². The van der Waals surface area contributed by atoms with Gasteiger partial charge >= 0.3 is 6.09 Å². The highest BCUT2D eigenvalue weighted by Gasteiger charge is 2.29. The van der Waals surface area contributed by atoms with Crippen molar-refractivity contribution in [3.63, 3.8) is 0 Å². The van der Waals surface area contributed by atoms with Gasteiger partial charge in [-0.15, -0.1) is 0 Å². The highest BCUT2D eigenvalue weighted by molar-refractivity contribution is 5.92. The Labute approximate surface area is 96.7 Å². The van der Waals surface area contributed by atoms with E-state index in [1.807, 2.05) is 0 Å². The molecule has 0 aromatic heterocycles. The minimum absolute atomic E-state index is 0.111. The summed E-state index contributed by atoms with van der Waals surface area (Å²) in [4.78, 5) is 22.1. The number of ketones is 1. The van der Waals surface area contributed by atoms with Crippen molar-refractivity contribution in [3.8, 4) is 0 Å². The van der Waals surface area contributed by atoms with Crippen LogP contribution in [0, 0.1) is 0 Å². The summed E-state index contributed by atoms with van der Waals surface area (Å²) in [6.07, 6.45) is 6.55. The molecule has 0 spiro atoms. The number of carbonyl (C=O) groups excluding carboxylic acids is 2. The van der Waals surface area contributed by atoms with Gasteiger partial charge in [0.15, 0.2) is 5.78 Å². The van der Waals surface area contributed by atoms with E-state index >= 15 is 0 Å². The largest absolute Gasteiger partial charge is 0.450 e. The first-order valence-corrected chi connectivity index (χ1v) is 6.20. The van der Waals surface area contributed by atoms with Crippen LogP contribution in [-0.4, -0.2) is 24.5 Å². The van der Waals surface area contributed by atoms with Crippen molar-refractivity contribution in [2.45, 2.75) is 57.9 Å². The Morgan fingerprint density at radius 2 is 2.12 bits per heavy atom. The van der Waals surface area contributed by atoms with Crippen LogP contribution in [0.4, 0.5) is 4.79 Å². The summed E-state index contributed by atoms with van der Waals surface area (Å²) in [5, 5.41) is 2.56. The molecule has 1 atom stereocenters. The lowest BCUT2D eigenvalue weighted by Crippen LogP contribution is -2.47. The van der Waals surface area contributed by atoms with Gasteiger partial charge in [-0.25, -0.2) is 4.79 Å². The molecule has 0 heterocycles. The number of hydrogen-bond acceptors (Lipinski definition) is 3. The topological polar surface area (TPSA) is 55.4 Å². The molecule has 0 saturated heterocycles. The van der Waals surface area contributed by atoms with Crippen LogP contribution in [-0.2, 0) is 9.53 Å². The van der Waals surface area contributed by atoms with Crippen LogP contribution in [0.3, 0.4) is 0 Å². The molecular weight excluding hydrogens is 206 g/mol. The minimum atomic E-state index is -0.450. The molecule has 92 valence electrons. The number of carbonyl (C=O) groups is 2. The number of rotatable bonds is 7. The molecule has 0 bridgehead atoms. The third-order valence-corrected chi connectivity index (χ3v) is 2.84. The number of amides is 1. The average molecular weight is 227 g/mol. The molecule has 4 heteroatoms. The molecule has 16 heavy (non-hydrogen) atoms. The van der Waals surface area contributed by atoms with Gasteiger partial charge in [0.2, 0.25) is 0 Å². The van der Waals surface area contributed by atoms with Crippen LogP contribution >= 0.6 is 0 Å². The average Bonchev–Trinajstić information content (AvgIpc) is 2.28. The van der Waals surface area contributed by atoms with Crippen molar-refractivity contribution in [3.05, 3.63) is 0 Å². The van der Waals surface area contributed by atoms with E-state index in [9.17, 15) is 9.59 Å². The molecule has 0 aromatic rings. The maximum absolute atomic E-state index is 11.2. The quantitative estimate of drug-likeness (QED) is 0.679. The predicted octanol–water partition coefficient (Wildman–Crippen LogP) is 2.41. The number of nitrogens with one attached hydrogen (secondary N) is 1. The van der Waals surface area contributed by atoms with Crippen molar-refractivity contribution < 1.29 is 14.3 Å². The number of alkyl carbamates (subject to hydrolysis) is 1. The summed E-state index contributed by atoms with van der Waals surface area (Å²) in [5.41, 5.74) is 0. The Balaban J connectivity index is 1.92. The molecular formula is C12H21NO3. The molecule has 1 aliphatic carbocycles. The van der Waals surface area contributed by atoms with E-state index < -0.39 is 6.09 Å². The molecule has 0 aliphatic heterocycles. The van der Waals surface area contributed by atoms with Crippen molar-refractivity contribution in [2.75, 3.05) is 6.61 Å². The van der Waals surface area contributed by atoms with Gasteiger partial charge in [-0.3, -0.25) is 4.79 Å². The summed E-state index contributed by atoms with van der Waals surface area (Å²) in [6, 6.07) is -0.285. The second kappa shape index (κ2) is 7.25. The summed E-state index contributed by atoms with van der Waals surface area (Å²) < 4.78 is 4.97. The van der Waals surface area contributed by atoms with E-state index in [2.05, 4.69) is 12.2 Å². The van der Waals surface area contributed by atoms with E-state index in [0.717, 1.165) is 19.3 Å². The van der Waals surface area contributed by atoms with Gasteiger partial charge in [0.25, 0.3) is 0 Å². The van der Waals surface area contributed by atoms with Crippen molar-refractivity contribution in [1.29, 1.82) is 0 Å². The Morgan fingerprint density at radius 3 is 2.69 bits per heavy atom. The van der Waals surface area contributed by atoms with Gasteiger partial charge in [0.05, 0.1) is 12.6 Å². The van der Waals surface area contributed by atoms with Crippen LogP contribution in [0.1, 0.15) is 51.9 Å². The summed E-state index contributed by atoms with van der Waals surface area (Å²) in [6.45, 7) is 2.62. The van der Waals surface area contributed by atoms with Crippen LogP contribution in [0.25, 0.3) is 0 Å². The smallest absolute Gasteiger partial charge is 0.407 e. The van der Waals surface area contributed by atoms with Gasteiger partial charge in [-0.2, -0.15) is 0 Å². The fraction of sp³-hybridized carbons (Fsp3) is 0.833. The van der Waals surface area contributed by atoms with Gasteiger partial charge in [-0.05, 0) is 12.8 Å². The Bertz CT molecular complexity index is 240. The van der Waals surface area contributed by atoms with Crippen LogP contribution < -0.4 is 5.32 Å². The summed E-state index contributed by atoms with van der Waals surface area (Å²) in [7, 11) is 0. The first kappa shape index (κ1) is 13.0. The Morgan fingerprint density at radius 1 is 1.38 bits per heavy atom. The molecule has 1 rings (SSSR count). The number of hydrogen-bond donors (Lipinski definition) is 1. The first-order valence-electron chi connectivity index (χ1n) is 6.20. The lowest BCUT2D eigenvalue weighted by molar-refractivity contribution is -0.126. The Kier molecular flexibility index (Phi) is 5.90. The normalized spacial score (nSPS) is 19.1. The van der Waals surface area contributed by atoms with E-state index in [1.54, 1.807) is 0 Å².